The van der Waals surface area contributed by atoms with Crippen molar-refractivity contribution in [1.82, 2.24) is 20.4 Å². The van der Waals surface area contributed by atoms with Crippen molar-refractivity contribution in [2.45, 2.75) is 77.9 Å². The third-order valence-electron chi connectivity index (χ3n) is 5.46. The molecule has 0 spiro atoms. The summed E-state index contributed by atoms with van der Waals surface area (Å²) in [4.78, 5) is 19.1. The second-order valence-corrected chi connectivity index (χ2v) is 7.72. The third kappa shape index (κ3) is 5.89. The first kappa shape index (κ1) is 20.5. The van der Waals surface area contributed by atoms with Crippen LogP contribution in [0.3, 0.4) is 0 Å². The predicted molar refractivity (Wildman–Crippen MR) is 109 cm³/mol. The van der Waals surface area contributed by atoms with Crippen molar-refractivity contribution >= 4 is 5.91 Å². The van der Waals surface area contributed by atoms with E-state index in [4.69, 9.17) is 4.52 Å². The van der Waals surface area contributed by atoms with Crippen molar-refractivity contribution in [3.05, 3.63) is 47.1 Å². The van der Waals surface area contributed by atoms with Crippen molar-refractivity contribution in [3.8, 4) is 0 Å². The lowest BCUT2D eigenvalue weighted by Crippen LogP contribution is -2.37. The number of amides is 1. The van der Waals surface area contributed by atoms with E-state index < -0.39 is 0 Å². The van der Waals surface area contributed by atoms with Gasteiger partial charge in [0.2, 0.25) is 11.8 Å². The molecule has 2 aromatic rings. The summed E-state index contributed by atoms with van der Waals surface area (Å²) in [6.07, 6.45) is 6.51. The van der Waals surface area contributed by atoms with E-state index in [0.29, 0.717) is 31.3 Å². The molecular weight excluding hydrogens is 352 g/mol. The van der Waals surface area contributed by atoms with Crippen LogP contribution >= 0.6 is 0 Å². The number of aromatic nitrogens is 2. The van der Waals surface area contributed by atoms with Gasteiger partial charge in [-0.1, -0.05) is 42.8 Å². The Labute approximate surface area is 167 Å². The smallest absolute Gasteiger partial charge is 0.227 e. The van der Waals surface area contributed by atoms with Crippen LogP contribution in [-0.2, 0) is 30.7 Å². The van der Waals surface area contributed by atoms with E-state index in [1.807, 2.05) is 6.07 Å². The van der Waals surface area contributed by atoms with E-state index in [9.17, 15) is 4.79 Å². The minimum atomic E-state index is 0.0105. The summed E-state index contributed by atoms with van der Waals surface area (Å²) in [5.74, 6) is 1.27. The van der Waals surface area contributed by atoms with Crippen LogP contribution in [0.1, 0.15) is 68.8 Å². The normalized spacial score (nSPS) is 17.6. The monoisotopic (exact) mass is 384 g/mol. The molecule has 1 N–H and O–H groups in total. The van der Waals surface area contributed by atoms with Gasteiger partial charge in [-0.05, 0) is 43.9 Å². The summed E-state index contributed by atoms with van der Waals surface area (Å²) < 4.78 is 5.20. The Balaban J connectivity index is 1.49. The highest BCUT2D eigenvalue weighted by Crippen LogP contribution is 2.20. The number of nitrogens with one attached hydrogen (secondary N) is 1. The van der Waals surface area contributed by atoms with Gasteiger partial charge in [-0.2, -0.15) is 4.98 Å². The molecule has 0 bridgehead atoms. The third-order valence-corrected chi connectivity index (χ3v) is 5.46. The quantitative estimate of drug-likeness (QED) is 0.715. The van der Waals surface area contributed by atoms with Crippen molar-refractivity contribution in [1.29, 1.82) is 0 Å². The zero-order valence-corrected chi connectivity index (χ0v) is 17.1. The van der Waals surface area contributed by atoms with E-state index in [2.05, 4.69) is 52.4 Å². The molecule has 1 atom stereocenters. The van der Waals surface area contributed by atoms with Crippen LogP contribution in [0.4, 0.5) is 0 Å². The average molecular weight is 385 g/mol. The molecule has 28 heavy (non-hydrogen) atoms. The van der Waals surface area contributed by atoms with Crippen molar-refractivity contribution < 1.29 is 9.32 Å². The molecule has 6 nitrogen and oxygen atoms in total. The number of carbonyl (C=O) groups excluding carboxylic acids is 1. The summed E-state index contributed by atoms with van der Waals surface area (Å²) in [5, 5.41) is 6.97. The standard InChI is InChI=1S/C22H32N4O2/c1-3-8-20-24-22(28-25-20)13-12-21(27)23-15-18-10-4-5-11-19(18)16-26-14-7-6-9-17(26)2/h4-5,10-11,17H,3,6-9,12-16H2,1-2H3,(H,23,27)/t17-/m0/s1. The van der Waals surface area contributed by atoms with Crippen LogP contribution in [-0.4, -0.2) is 33.5 Å². The lowest BCUT2D eigenvalue weighted by atomic mass is 10.0. The molecular formula is C22H32N4O2. The highest BCUT2D eigenvalue weighted by Gasteiger charge is 2.19. The van der Waals surface area contributed by atoms with Gasteiger partial charge in [-0.15, -0.1) is 0 Å². The first-order valence-electron chi connectivity index (χ1n) is 10.5. The lowest BCUT2D eigenvalue weighted by Gasteiger charge is -2.33. The van der Waals surface area contributed by atoms with Gasteiger partial charge in [0, 0.05) is 38.4 Å². The molecule has 6 heteroatoms. The maximum absolute atomic E-state index is 12.3. The number of rotatable bonds is 9. The number of likely N-dealkylation sites (tertiary alicyclic amines) is 1. The molecule has 1 saturated heterocycles. The molecule has 1 fully saturated rings. The van der Waals surface area contributed by atoms with Crippen LogP contribution in [0.25, 0.3) is 0 Å². The van der Waals surface area contributed by atoms with E-state index in [1.165, 1.54) is 30.4 Å². The minimum Gasteiger partial charge on any atom is -0.352 e. The Morgan fingerprint density at radius 1 is 1.25 bits per heavy atom. The van der Waals surface area contributed by atoms with E-state index >= 15 is 0 Å². The molecule has 2 heterocycles. The van der Waals surface area contributed by atoms with Crippen molar-refractivity contribution in [3.63, 3.8) is 0 Å². The largest absolute Gasteiger partial charge is 0.352 e. The average Bonchev–Trinajstić information content (AvgIpc) is 3.15. The topological polar surface area (TPSA) is 71.3 Å². The number of hydrogen-bond donors (Lipinski definition) is 1. The van der Waals surface area contributed by atoms with Crippen LogP contribution in [0.15, 0.2) is 28.8 Å². The second kappa shape index (κ2) is 10.4. The number of benzene rings is 1. The molecule has 0 unspecified atom stereocenters. The molecule has 1 aliphatic rings. The fourth-order valence-corrected chi connectivity index (χ4v) is 3.72. The first-order chi connectivity index (χ1) is 13.7. The molecule has 152 valence electrons. The Morgan fingerprint density at radius 3 is 2.86 bits per heavy atom. The molecule has 1 aromatic heterocycles. The fraction of sp³-hybridized carbons (Fsp3) is 0.591. The van der Waals surface area contributed by atoms with Gasteiger partial charge in [-0.3, -0.25) is 9.69 Å². The van der Waals surface area contributed by atoms with E-state index in [1.54, 1.807) is 0 Å². The number of nitrogens with zero attached hydrogens (tertiary/aromatic N) is 3. The van der Waals surface area contributed by atoms with E-state index in [-0.39, 0.29) is 5.91 Å². The van der Waals surface area contributed by atoms with E-state index in [0.717, 1.165) is 31.8 Å². The zero-order valence-electron chi connectivity index (χ0n) is 17.1. The summed E-state index contributed by atoms with van der Waals surface area (Å²) in [7, 11) is 0. The zero-order chi connectivity index (χ0) is 19.8. The number of piperidine rings is 1. The number of hydrogen-bond acceptors (Lipinski definition) is 5. The number of carbonyl (C=O) groups is 1. The van der Waals surface area contributed by atoms with Gasteiger partial charge in [0.15, 0.2) is 5.82 Å². The van der Waals surface area contributed by atoms with Gasteiger partial charge in [0.05, 0.1) is 0 Å². The number of aryl methyl sites for hydroxylation is 2. The Hall–Kier alpha value is -2.21. The highest BCUT2D eigenvalue weighted by molar-refractivity contribution is 5.76. The summed E-state index contributed by atoms with van der Waals surface area (Å²) in [5.41, 5.74) is 2.49. The van der Waals surface area contributed by atoms with Gasteiger partial charge in [0.1, 0.15) is 0 Å². The molecule has 1 amide bonds. The molecule has 0 radical (unpaired) electrons. The maximum Gasteiger partial charge on any atom is 0.227 e. The van der Waals surface area contributed by atoms with Crippen LogP contribution in [0, 0.1) is 0 Å². The second-order valence-electron chi connectivity index (χ2n) is 7.72. The molecule has 3 rings (SSSR count). The Morgan fingerprint density at radius 2 is 2.07 bits per heavy atom. The van der Waals surface area contributed by atoms with Crippen molar-refractivity contribution in [2.24, 2.45) is 0 Å². The fourth-order valence-electron chi connectivity index (χ4n) is 3.72. The maximum atomic E-state index is 12.3. The predicted octanol–water partition coefficient (Wildman–Crippen LogP) is 3.65. The summed E-state index contributed by atoms with van der Waals surface area (Å²) in [6.45, 7) is 7.06. The molecule has 1 aliphatic heterocycles. The van der Waals surface area contributed by atoms with Gasteiger partial charge >= 0.3 is 0 Å². The van der Waals surface area contributed by atoms with Crippen LogP contribution in [0.2, 0.25) is 0 Å². The SMILES string of the molecule is CCCc1noc(CCC(=O)NCc2ccccc2CN2CCCC[C@@H]2C)n1. The van der Waals surface area contributed by atoms with Crippen molar-refractivity contribution in [2.75, 3.05) is 6.54 Å². The molecule has 1 aromatic carbocycles. The Kier molecular flexibility index (Phi) is 7.60. The highest BCUT2D eigenvalue weighted by atomic mass is 16.5. The first-order valence-corrected chi connectivity index (χ1v) is 10.5. The Bertz CT molecular complexity index is 758. The lowest BCUT2D eigenvalue weighted by molar-refractivity contribution is -0.121. The van der Waals surface area contributed by atoms with Crippen LogP contribution < -0.4 is 5.32 Å². The van der Waals surface area contributed by atoms with Gasteiger partial charge in [0.25, 0.3) is 0 Å². The summed E-state index contributed by atoms with van der Waals surface area (Å²) in [6, 6.07) is 9.04. The summed E-state index contributed by atoms with van der Waals surface area (Å²) >= 11 is 0. The van der Waals surface area contributed by atoms with Crippen LogP contribution in [0.5, 0.6) is 0 Å². The minimum absolute atomic E-state index is 0.0105. The van der Waals surface area contributed by atoms with Gasteiger partial charge < -0.3 is 9.84 Å². The molecule has 0 saturated carbocycles. The van der Waals surface area contributed by atoms with Gasteiger partial charge in [-0.25, -0.2) is 0 Å². The molecule has 0 aliphatic carbocycles.